The van der Waals surface area contributed by atoms with Crippen molar-refractivity contribution >= 4 is 11.6 Å². The maximum absolute atomic E-state index is 11.2. The van der Waals surface area contributed by atoms with E-state index in [2.05, 4.69) is 25.8 Å². The summed E-state index contributed by atoms with van der Waals surface area (Å²) >= 11 is 0. The molecule has 0 spiro atoms. The van der Waals surface area contributed by atoms with E-state index in [0.717, 1.165) is 5.56 Å². The fourth-order valence-corrected chi connectivity index (χ4v) is 1.81. The highest BCUT2D eigenvalue weighted by atomic mass is 16.5. The van der Waals surface area contributed by atoms with Crippen LogP contribution in [0.3, 0.4) is 0 Å². The Morgan fingerprint density at radius 3 is 2.52 bits per heavy atom. The van der Waals surface area contributed by atoms with Crippen LogP contribution in [0.2, 0.25) is 0 Å². The number of primary amides is 1. The van der Waals surface area contributed by atoms with Crippen molar-refractivity contribution in [1.29, 1.82) is 0 Å². The lowest BCUT2D eigenvalue weighted by Crippen LogP contribution is -2.14. The normalized spacial score (nSPS) is 11.2. The van der Waals surface area contributed by atoms with E-state index in [0.29, 0.717) is 11.4 Å². The third kappa shape index (κ3) is 3.51. The number of rotatable bonds is 3. The molecule has 0 aliphatic rings. The fourth-order valence-electron chi connectivity index (χ4n) is 1.81. The molecule has 5 heteroatoms. The van der Waals surface area contributed by atoms with Gasteiger partial charge in [0.1, 0.15) is 11.4 Å². The van der Waals surface area contributed by atoms with Crippen LogP contribution >= 0.6 is 0 Å². The van der Waals surface area contributed by atoms with Gasteiger partial charge in [0, 0.05) is 0 Å². The molecule has 0 saturated heterocycles. The zero-order chi connectivity index (χ0) is 15.6. The average Bonchev–Trinajstić information content (AvgIpc) is 2.40. The molecule has 0 fully saturated rings. The molecule has 1 aromatic carbocycles. The number of aromatic nitrogens is 1. The van der Waals surface area contributed by atoms with Gasteiger partial charge in [-0.25, -0.2) is 4.98 Å². The number of hydrogen-bond donors (Lipinski definition) is 2. The standard InChI is InChI=1S/C16H19N3O2/c1-16(2,3)10-5-4-6-11(9-10)21-15-12(17)7-8-13(19-15)14(18)20/h4-9H,17H2,1-3H3,(H2,18,20). The summed E-state index contributed by atoms with van der Waals surface area (Å²) in [6.07, 6.45) is 0. The number of anilines is 1. The molecular formula is C16H19N3O2. The minimum absolute atomic E-state index is 0.00736. The maximum Gasteiger partial charge on any atom is 0.267 e. The highest BCUT2D eigenvalue weighted by Crippen LogP contribution is 2.29. The van der Waals surface area contributed by atoms with E-state index >= 15 is 0 Å². The third-order valence-corrected chi connectivity index (χ3v) is 3.06. The van der Waals surface area contributed by atoms with Gasteiger partial charge in [0.25, 0.3) is 5.91 Å². The van der Waals surface area contributed by atoms with Crippen LogP contribution in [-0.4, -0.2) is 10.9 Å². The molecule has 4 N–H and O–H groups in total. The number of nitrogens with zero attached hydrogens (tertiary/aromatic N) is 1. The van der Waals surface area contributed by atoms with E-state index in [4.69, 9.17) is 16.2 Å². The molecule has 21 heavy (non-hydrogen) atoms. The molecule has 0 saturated carbocycles. The van der Waals surface area contributed by atoms with Crippen molar-refractivity contribution in [1.82, 2.24) is 4.98 Å². The molecule has 1 amide bonds. The molecule has 0 bridgehead atoms. The summed E-state index contributed by atoms with van der Waals surface area (Å²) < 4.78 is 5.69. The van der Waals surface area contributed by atoms with Gasteiger partial charge in [-0.15, -0.1) is 0 Å². The van der Waals surface area contributed by atoms with Crippen LogP contribution in [-0.2, 0) is 5.41 Å². The molecule has 0 radical (unpaired) electrons. The van der Waals surface area contributed by atoms with E-state index in [1.807, 2.05) is 24.3 Å². The Hall–Kier alpha value is -2.56. The quantitative estimate of drug-likeness (QED) is 0.907. The van der Waals surface area contributed by atoms with Crippen molar-refractivity contribution in [2.45, 2.75) is 26.2 Å². The first-order valence-electron chi connectivity index (χ1n) is 6.62. The van der Waals surface area contributed by atoms with Gasteiger partial charge in [0.2, 0.25) is 5.88 Å². The summed E-state index contributed by atoms with van der Waals surface area (Å²) in [5.74, 6) is 0.170. The average molecular weight is 285 g/mol. The number of nitrogen functional groups attached to an aromatic ring is 1. The predicted molar refractivity (Wildman–Crippen MR) is 82.4 cm³/mol. The summed E-state index contributed by atoms with van der Waals surface area (Å²) in [4.78, 5) is 15.2. The van der Waals surface area contributed by atoms with Crippen LogP contribution in [0, 0.1) is 0 Å². The van der Waals surface area contributed by atoms with E-state index in [1.165, 1.54) is 6.07 Å². The van der Waals surface area contributed by atoms with Crippen molar-refractivity contribution in [2.24, 2.45) is 5.73 Å². The SMILES string of the molecule is CC(C)(C)c1cccc(Oc2nc(C(N)=O)ccc2N)c1. The van der Waals surface area contributed by atoms with Crippen molar-refractivity contribution in [3.05, 3.63) is 47.7 Å². The maximum atomic E-state index is 11.2. The van der Waals surface area contributed by atoms with Crippen LogP contribution in [0.4, 0.5) is 5.69 Å². The fraction of sp³-hybridized carbons (Fsp3) is 0.250. The Labute approximate surface area is 123 Å². The molecule has 0 atom stereocenters. The monoisotopic (exact) mass is 285 g/mol. The molecule has 110 valence electrons. The second-order valence-electron chi connectivity index (χ2n) is 5.84. The zero-order valence-electron chi connectivity index (χ0n) is 12.4. The lowest BCUT2D eigenvalue weighted by molar-refractivity contribution is 0.0995. The number of hydrogen-bond acceptors (Lipinski definition) is 4. The van der Waals surface area contributed by atoms with Gasteiger partial charge in [0.05, 0.1) is 5.69 Å². The highest BCUT2D eigenvalue weighted by molar-refractivity contribution is 5.91. The van der Waals surface area contributed by atoms with Crippen LogP contribution in [0.1, 0.15) is 36.8 Å². The molecule has 0 aliphatic carbocycles. The number of amides is 1. The molecule has 0 aliphatic heterocycles. The lowest BCUT2D eigenvalue weighted by Gasteiger charge is -2.19. The van der Waals surface area contributed by atoms with Gasteiger partial charge >= 0.3 is 0 Å². The third-order valence-electron chi connectivity index (χ3n) is 3.06. The van der Waals surface area contributed by atoms with Crippen molar-refractivity contribution < 1.29 is 9.53 Å². The predicted octanol–water partition coefficient (Wildman–Crippen LogP) is 2.85. The van der Waals surface area contributed by atoms with Crippen molar-refractivity contribution in [3.63, 3.8) is 0 Å². The lowest BCUT2D eigenvalue weighted by atomic mass is 9.87. The molecule has 2 rings (SSSR count). The van der Waals surface area contributed by atoms with Crippen LogP contribution in [0.25, 0.3) is 0 Å². The van der Waals surface area contributed by atoms with Crippen molar-refractivity contribution in [2.75, 3.05) is 5.73 Å². The first-order chi connectivity index (χ1) is 9.77. The summed E-state index contributed by atoms with van der Waals surface area (Å²) in [6.45, 7) is 6.35. The summed E-state index contributed by atoms with van der Waals surface area (Å²) in [7, 11) is 0. The zero-order valence-corrected chi connectivity index (χ0v) is 12.4. The Kier molecular flexibility index (Phi) is 3.84. The second-order valence-corrected chi connectivity index (χ2v) is 5.84. The minimum atomic E-state index is -0.622. The Morgan fingerprint density at radius 1 is 1.19 bits per heavy atom. The van der Waals surface area contributed by atoms with Crippen molar-refractivity contribution in [3.8, 4) is 11.6 Å². The number of nitrogens with two attached hydrogens (primary N) is 2. The van der Waals surface area contributed by atoms with Gasteiger partial charge in [-0.05, 0) is 35.2 Å². The number of pyridine rings is 1. The van der Waals surface area contributed by atoms with Gasteiger partial charge in [0.15, 0.2) is 0 Å². The Bertz CT molecular complexity index is 675. The van der Waals surface area contributed by atoms with Crippen LogP contribution in [0.15, 0.2) is 36.4 Å². The highest BCUT2D eigenvalue weighted by Gasteiger charge is 2.15. The van der Waals surface area contributed by atoms with Gasteiger partial charge in [-0.2, -0.15) is 0 Å². The Morgan fingerprint density at radius 2 is 1.90 bits per heavy atom. The number of benzene rings is 1. The molecule has 0 unspecified atom stereocenters. The second kappa shape index (κ2) is 5.44. The van der Waals surface area contributed by atoms with Gasteiger partial charge < -0.3 is 16.2 Å². The summed E-state index contributed by atoms with van der Waals surface area (Å²) in [6, 6.07) is 10.7. The summed E-state index contributed by atoms with van der Waals surface area (Å²) in [5, 5.41) is 0. The van der Waals surface area contributed by atoms with Gasteiger partial charge in [-0.1, -0.05) is 32.9 Å². The number of ether oxygens (including phenoxy) is 1. The van der Waals surface area contributed by atoms with Crippen LogP contribution in [0.5, 0.6) is 11.6 Å². The number of carbonyl (C=O) groups is 1. The minimum Gasteiger partial charge on any atom is -0.437 e. The molecule has 5 nitrogen and oxygen atoms in total. The first-order valence-corrected chi connectivity index (χ1v) is 6.62. The number of carbonyl (C=O) groups excluding carboxylic acids is 1. The van der Waals surface area contributed by atoms with E-state index in [9.17, 15) is 4.79 Å². The molecule has 1 aromatic heterocycles. The molecule has 2 aromatic rings. The molecule has 1 heterocycles. The molecular weight excluding hydrogens is 266 g/mol. The van der Waals surface area contributed by atoms with E-state index in [-0.39, 0.29) is 17.0 Å². The topological polar surface area (TPSA) is 91.2 Å². The van der Waals surface area contributed by atoms with Crippen LogP contribution < -0.4 is 16.2 Å². The van der Waals surface area contributed by atoms with Gasteiger partial charge in [-0.3, -0.25) is 4.79 Å². The smallest absolute Gasteiger partial charge is 0.267 e. The van der Waals surface area contributed by atoms with E-state index < -0.39 is 5.91 Å². The van der Waals surface area contributed by atoms with E-state index in [1.54, 1.807) is 6.07 Å². The summed E-state index contributed by atoms with van der Waals surface area (Å²) in [5.41, 5.74) is 12.6. The largest absolute Gasteiger partial charge is 0.437 e. The first kappa shape index (κ1) is 14.8. The Balaban J connectivity index is 2.34.